The molecule has 2 saturated carbocycles. The van der Waals surface area contributed by atoms with Crippen LogP contribution in [0, 0.1) is 11.8 Å². The zero-order chi connectivity index (χ0) is 12.4. The molecule has 0 N–H and O–H groups in total. The van der Waals surface area contributed by atoms with Gasteiger partial charge < -0.3 is 4.74 Å². The average molecular weight is 250 g/mol. The maximum absolute atomic E-state index is 12.1. The number of hydrogen-bond acceptors (Lipinski definition) is 2. The van der Waals surface area contributed by atoms with E-state index in [9.17, 15) is 4.79 Å². The van der Waals surface area contributed by atoms with Gasteiger partial charge in [-0.15, -0.1) is 0 Å². The Morgan fingerprint density at radius 1 is 1.00 bits per heavy atom. The van der Waals surface area contributed by atoms with Crippen LogP contribution in [0.15, 0.2) is 0 Å². The molecule has 3 rings (SSSR count). The van der Waals surface area contributed by atoms with Gasteiger partial charge in [0.05, 0.1) is 5.60 Å². The second-order valence-corrected chi connectivity index (χ2v) is 6.66. The number of Topliss-reactive ketones (excluding diaryl/α,β-unsaturated/α-hetero) is 1. The zero-order valence-corrected chi connectivity index (χ0v) is 11.5. The molecule has 0 bridgehead atoms. The molecule has 102 valence electrons. The van der Waals surface area contributed by atoms with Crippen molar-refractivity contribution in [2.45, 2.75) is 76.2 Å². The second kappa shape index (κ2) is 5.32. The molecule has 0 amide bonds. The van der Waals surface area contributed by atoms with Crippen molar-refractivity contribution >= 4 is 5.78 Å². The highest BCUT2D eigenvalue weighted by molar-refractivity contribution is 5.81. The average Bonchev–Trinajstić information content (AvgIpc) is 2.40. The van der Waals surface area contributed by atoms with E-state index in [1.165, 1.54) is 44.9 Å². The molecule has 0 aromatic carbocycles. The summed E-state index contributed by atoms with van der Waals surface area (Å²) in [5.74, 6) is 1.56. The lowest BCUT2D eigenvalue weighted by Gasteiger charge is -2.45. The molecule has 0 radical (unpaired) electrons. The Kier molecular flexibility index (Phi) is 3.74. The first kappa shape index (κ1) is 12.7. The number of ether oxygens (including phenoxy) is 1. The fourth-order valence-electron chi connectivity index (χ4n) is 4.46. The van der Waals surface area contributed by atoms with Gasteiger partial charge in [0.15, 0.2) is 0 Å². The molecule has 2 aliphatic carbocycles. The molecule has 1 heterocycles. The van der Waals surface area contributed by atoms with Gasteiger partial charge in [-0.05, 0) is 44.4 Å². The van der Waals surface area contributed by atoms with E-state index in [1.54, 1.807) is 0 Å². The summed E-state index contributed by atoms with van der Waals surface area (Å²) in [6.07, 6.45) is 13.2. The van der Waals surface area contributed by atoms with Gasteiger partial charge in [-0.25, -0.2) is 0 Å². The highest BCUT2D eigenvalue weighted by atomic mass is 16.5. The molecule has 2 atom stereocenters. The summed E-state index contributed by atoms with van der Waals surface area (Å²) in [7, 11) is 0. The Labute approximate surface area is 110 Å². The van der Waals surface area contributed by atoms with Crippen molar-refractivity contribution in [2.75, 3.05) is 6.61 Å². The fraction of sp³-hybridized carbons (Fsp3) is 0.938. The number of rotatable bonds is 1. The van der Waals surface area contributed by atoms with Crippen molar-refractivity contribution in [1.29, 1.82) is 0 Å². The lowest BCUT2D eigenvalue weighted by atomic mass is 9.69. The quantitative estimate of drug-likeness (QED) is 0.706. The molecule has 3 fully saturated rings. The first-order chi connectivity index (χ1) is 8.79. The topological polar surface area (TPSA) is 26.3 Å². The maximum Gasteiger partial charge on any atom is 0.136 e. The van der Waals surface area contributed by atoms with Gasteiger partial charge in [-0.1, -0.05) is 25.7 Å². The van der Waals surface area contributed by atoms with Crippen LogP contribution in [0.4, 0.5) is 0 Å². The van der Waals surface area contributed by atoms with Crippen LogP contribution in [0.5, 0.6) is 0 Å². The lowest BCUT2D eigenvalue weighted by molar-refractivity contribution is -0.141. The second-order valence-electron chi connectivity index (χ2n) is 6.66. The number of carbonyl (C=O) groups excluding carboxylic acids is 1. The molecular formula is C16H26O2. The van der Waals surface area contributed by atoms with Crippen LogP contribution >= 0.6 is 0 Å². The summed E-state index contributed by atoms with van der Waals surface area (Å²) >= 11 is 0. The largest absolute Gasteiger partial charge is 0.375 e. The van der Waals surface area contributed by atoms with E-state index >= 15 is 0 Å². The highest BCUT2D eigenvalue weighted by Crippen LogP contribution is 2.44. The molecule has 1 saturated heterocycles. The third-order valence-corrected chi connectivity index (χ3v) is 5.47. The summed E-state index contributed by atoms with van der Waals surface area (Å²) in [5.41, 5.74) is 0.166. The zero-order valence-electron chi connectivity index (χ0n) is 11.5. The van der Waals surface area contributed by atoms with E-state index in [-0.39, 0.29) is 5.60 Å². The van der Waals surface area contributed by atoms with Gasteiger partial charge in [0.25, 0.3) is 0 Å². The van der Waals surface area contributed by atoms with Crippen LogP contribution in [0.2, 0.25) is 0 Å². The number of ketones is 1. The maximum atomic E-state index is 12.1. The van der Waals surface area contributed by atoms with Crippen molar-refractivity contribution in [1.82, 2.24) is 0 Å². The lowest BCUT2D eigenvalue weighted by Crippen LogP contribution is -2.44. The summed E-state index contributed by atoms with van der Waals surface area (Å²) in [5, 5.41) is 0. The van der Waals surface area contributed by atoms with Crippen molar-refractivity contribution in [2.24, 2.45) is 11.8 Å². The molecule has 2 unspecified atom stereocenters. The SMILES string of the molecule is O=C1CCCCC1C1CCOC2(CCCCC2)C1. The van der Waals surface area contributed by atoms with Crippen LogP contribution in [0.1, 0.15) is 70.6 Å². The summed E-state index contributed by atoms with van der Waals surface area (Å²) in [6.45, 7) is 0.897. The van der Waals surface area contributed by atoms with Crippen LogP contribution < -0.4 is 0 Å². The minimum absolute atomic E-state index is 0.166. The Hall–Kier alpha value is -0.370. The first-order valence-corrected chi connectivity index (χ1v) is 7.96. The first-order valence-electron chi connectivity index (χ1n) is 7.96. The van der Waals surface area contributed by atoms with Crippen molar-refractivity contribution in [3.63, 3.8) is 0 Å². The van der Waals surface area contributed by atoms with Crippen molar-refractivity contribution in [3.8, 4) is 0 Å². The number of hydrogen-bond donors (Lipinski definition) is 0. The third kappa shape index (κ3) is 2.49. The molecule has 18 heavy (non-hydrogen) atoms. The predicted octanol–water partition coefficient (Wildman–Crippen LogP) is 3.88. The van der Waals surface area contributed by atoms with Gasteiger partial charge in [-0.3, -0.25) is 4.79 Å². The van der Waals surface area contributed by atoms with Gasteiger partial charge in [0, 0.05) is 18.9 Å². The Bertz CT molecular complexity index is 299. The van der Waals surface area contributed by atoms with E-state index in [0.717, 1.165) is 32.3 Å². The summed E-state index contributed by atoms with van der Waals surface area (Å²) in [4.78, 5) is 12.1. The van der Waals surface area contributed by atoms with Crippen LogP contribution in [0.3, 0.4) is 0 Å². The van der Waals surface area contributed by atoms with Gasteiger partial charge in [-0.2, -0.15) is 0 Å². The molecule has 2 heteroatoms. The minimum atomic E-state index is 0.166. The van der Waals surface area contributed by atoms with Crippen molar-refractivity contribution < 1.29 is 9.53 Å². The van der Waals surface area contributed by atoms with Crippen LogP contribution in [0.25, 0.3) is 0 Å². The minimum Gasteiger partial charge on any atom is -0.375 e. The van der Waals surface area contributed by atoms with E-state index in [2.05, 4.69) is 0 Å². The fourth-order valence-corrected chi connectivity index (χ4v) is 4.46. The summed E-state index contributed by atoms with van der Waals surface area (Å²) in [6, 6.07) is 0. The molecule has 0 aromatic heterocycles. The molecule has 0 aromatic rings. The van der Waals surface area contributed by atoms with Gasteiger partial charge in [0.1, 0.15) is 5.78 Å². The van der Waals surface area contributed by atoms with Gasteiger partial charge in [0.2, 0.25) is 0 Å². The molecule has 2 nitrogen and oxygen atoms in total. The summed E-state index contributed by atoms with van der Waals surface area (Å²) < 4.78 is 6.15. The van der Waals surface area contributed by atoms with E-state index in [0.29, 0.717) is 17.6 Å². The smallest absolute Gasteiger partial charge is 0.136 e. The van der Waals surface area contributed by atoms with E-state index in [4.69, 9.17) is 4.74 Å². The monoisotopic (exact) mass is 250 g/mol. The number of carbonyl (C=O) groups is 1. The Balaban J connectivity index is 1.67. The predicted molar refractivity (Wildman–Crippen MR) is 71.5 cm³/mol. The highest BCUT2D eigenvalue weighted by Gasteiger charge is 2.42. The Morgan fingerprint density at radius 2 is 1.83 bits per heavy atom. The Morgan fingerprint density at radius 3 is 2.61 bits per heavy atom. The van der Waals surface area contributed by atoms with Crippen LogP contribution in [-0.2, 0) is 9.53 Å². The molecule has 3 aliphatic rings. The molecule has 1 aliphatic heterocycles. The van der Waals surface area contributed by atoms with Crippen molar-refractivity contribution in [3.05, 3.63) is 0 Å². The van der Waals surface area contributed by atoms with E-state index in [1.807, 2.05) is 0 Å². The van der Waals surface area contributed by atoms with Crippen LogP contribution in [-0.4, -0.2) is 18.0 Å². The van der Waals surface area contributed by atoms with E-state index < -0.39 is 0 Å². The third-order valence-electron chi connectivity index (χ3n) is 5.47. The standard InChI is InChI=1S/C16H26O2/c17-15-7-3-2-6-14(15)13-8-11-18-16(12-13)9-4-1-5-10-16/h13-14H,1-12H2. The molecule has 1 spiro atoms. The normalized spacial score (nSPS) is 36.8. The van der Waals surface area contributed by atoms with Gasteiger partial charge >= 0.3 is 0 Å². The molecular weight excluding hydrogens is 224 g/mol.